The van der Waals surface area contributed by atoms with Crippen molar-refractivity contribution in [2.45, 2.75) is 20.3 Å². The molecule has 0 saturated carbocycles. The average molecular weight is 142 g/mol. The normalized spacial score (nSPS) is 20.1. The molecule has 0 atom stereocenters. The van der Waals surface area contributed by atoms with Crippen molar-refractivity contribution < 1.29 is 0 Å². The van der Waals surface area contributed by atoms with Gasteiger partial charge in [0.05, 0.1) is 0 Å². The molecule has 1 rings (SSSR count). The third-order valence-electron chi connectivity index (χ3n) is 1.60. The van der Waals surface area contributed by atoms with Crippen LogP contribution < -0.4 is 0 Å². The maximum absolute atomic E-state index is 5.77. The Morgan fingerprint density at radius 2 is 2.00 bits per heavy atom. The highest BCUT2D eigenvalue weighted by Crippen LogP contribution is 2.24. The zero-order valence-corrected chi connectivity index (χ0v) is 6.50. The molecule has 0 aliphatic heterocycles. The summed E-state index contributed by atoms with van der Waals surface area (Å²) in [5.41, 5.74) is 2.63. The molecule has 0 saturated heterocycles. The molecule has 9 heavy (non-hydrogen) atoms. The second kappa shape index (κ2) is 2.57. The van der Waals surface area contributed by atoms with Crippen LogP contribution in [0.2, 0.25) is 0 Å². The van der Waals surface area contributed by atoms with E-state index in [1.54, 1.807) is 0 Å². The molecule has 0 amide bonds. The minimum absolute atomic E-state index is 0.907. The van der Waals surface area contributed by atoms with Crippen LogP contribution >= 0.6 is 11.6 Å². The first-order valence-corrected chi connectivity index (χ1v) is 3.44. The summed E-state index contributed by atoms with van der Waals surface area (Å²) < 4.78 is 0. The molecule has 1 aliphatic carbocycles. The fourth-order valence-electron chi connectivity index (χ4n) is 0.819. The topological polar surface area (TPSA) is 0 Å². The molecule has 0 aromatic heterocycles. The van der Waals surface area contributed by atoms with Crippen molar-refractivity contribution in [1.29, 1.82) is 0 Å². The lowest BCUT2D eigenvalue weighted by Gasteiger charge is -2.09. The first-order valence-electron chi connectivity index (χ1n) is 3.07. The minimum Gasteiger partial charge on any atom is -0.0891 e. The smallest absolute Gasteiger partial charge is 0.0189 e. The number of rotatable bonds is 0. The molecule has 1 radical (unpaired) electrons. The van der Waals surface area contributed by atoms with Crippen LogP contribution in [0.15, 0.2) is 22.3 Å². The van der Waals surface area contributed by atoms with E-state index in [0.717, 1.165) is 11.5 Å². The van der Waals surface area contributed by atoms with Crippen LogP contribution in [0, 0.1) is 6.42 Å². The SMILES string of the molecule is CC1=C(C)C=C(Cl)C[CH]1. The van der Waals surface area contributed by atoms with Crippen molar-refractivity contribution in [2.75, 3.05) is 0 Å². The standard InChI is InChI=1S/C8H10Cl/c1-6-3-4-8(9)5-7(6)2/h3,5H,4H2,1-2H3. The van der Waals surface area contributed by atoms with Crippen molar-refractivity contribution >= 4 is 11.6 Å². The van der Waals surface area contributed by atoms with Crippen LogP contribution in [-0.2, 0) is 0 Å². The van der Waals surface area contributed by atoms with Crippen LogP contribution in [-0.4, -0.2) is 0 Å². The Labute approximate surface area is 61.2 Å². The van der Waals surface area contributed by atoms with E-state index in [4.69, 9.17) is 11.6 Å². The molecule has 0 aromatic rings. The molecule has 0 spiro atoms. The number of halogens is 1. The predicted molar refractivity (Wildman–Crippen MR) is 41.2 cm³/mol. The van der Waals surface area contributed by atoms with E-state index < -0.39 is 0 Å². The molecule has 0 fully saturated rings. The Morgan fingerprint density at radius 1 is 1.33 bits per heavy atom. The maximum atomic E-state index is 5.77. The van der Waals surface area contributed by atoms with Crippen molar-refractivity contribution in [2.24, 2.45) is 0 Å². The zero-order chi connectivity index (χ0) is 6.85. The lowest BCUT2D eigenvalue weighted by molar-refractivity contribution is 1.12. The van der Waals surface area contributed by atoms with Gasteiger partial charge in [-0.25, -0.2) is 0 Å². The molecule has 0 unspecified atom stereocenters. The highest BCUT2D eigenvalue weighted by molar-refractivity contribution is 6.30. The van der Waals surface area contributed by atoms with Gasteiger partial charge < -0.3 is 0 Å². The maximum Gasteiger partial charge on any atom is 0.0189 e. The molecule has 1 heteroatoms. The highest BCUT2D eigenvalue weighted by Gasteiger charge is 2.03. The minimum atomic E-state index is 0.907. The van der Waals surface area contributed by atoms with Crippen LogP contribution in [0.25, 0.3) is 0 Å². The van der Waals surface area contributed by atoms with Gasteiger partial charge in [0.15, 0.2) is 0 Å². The van der Waals surface area contributed by atoms with Crippen molar-refractivity contribution in [3.63, 3.8) is 0 Å². The fraction of sp³-hybridized carbons (Fsp3) is 0.375. The van der Waals surface area contributed by atoms with Crippen molar-refractivity contribution in [3.8, 4) is 0 Å². The van der Waals surface area contributed by atoms with Crippen molar-refractivity contribution in [1.82, 2.24) is 0 Å². The quantitative estimate of drug-likeness (QED) is 0.487. The molecule has 0 nitrogen and oxygen atoms in total. The Morgan fingerprint density at radius 3 is 2.44 bits per heavy atom. The van der Waals surface area contributed by atoms with Gasteiger partial charge in [-0.3, -0.25) is 0 Å². The Hall–Kier alpha value is -0.230. The van der Waals surface area contributed by atoms with E-state index in [1.165, 1.54) is 11.1 Å². The summed E-state index contributed by atoms with van der Waals surface area (Å²) in [5.74, 6) is 0. The van der Waals surface area contributed by atoms with E-state index in [9.17, 15) is 0 Å². The van der Waals surface area contributed by atoms with E-state index in [0.29, 0.717) is 0 Å². The van der Waals surface area contributed by atoms with E-state index in [-0.39, 0.29) is 0 Å². The van der Waals surface area contributed by atoms with Crippen LogP contribution in [0.3, 0.4) is 0 Å². The van der Waals surface area contributed by atoms with Gasteiger partial charge in [0.25, 0.3) is 0 Å². The summed E-state index contributed by atoms with van der Waals surface area (Å²) in [6.07, 6.45) is 5.08. The van der Waals surface area contributed by atoms with Gasteiger partial charge in [0, 0.05) is 5.03 Å². The van der Waals surface area contributed by atoms with E-state index >= 15 is 0 Å². The lowest BCUT2D eigenvalue weighted by atomic mass is 10.0. The molecule has 0 heterocycles. The van der Waals surface area contributed by atoms with Gasteiger partial charge in [-0.15, -0.1) is 0 Å². The zero-order valence-electron chi connectivity index (χ0n) is 5.74. The number of hydrogen-bond acceptors (Lipinski definition) is 0. The summed E-state index contributed by atoms with van der Waals surface area (Å²) in [7, 11) is 0. The number of allylic oxidation sites excluding steroid dienone is 4. The van der Waals surface area contributed by atoms with Gasteiger partial charge in [0.2, 0.25) is 0 Å². The molecule has 1 aliphatic rings. The molecular weight excluding hydrogens is 132 g/mol. The monoisotopic (exact) mass is 141 g/mol. The molecule has 0 bridgehead atoms. The molecule has 49 valence electrons. The first-order chi connectivity index (χ1) is 4.20. The average Bonchev–Trinajstić information content (AvgIpc) is 1.80. The van der Waals surface area contributed by atoms with E-state index in [2.05, 4.69) is 20.3 Å². The first kappa shape index (κ1) is 6.88. The van der Waals surface area contributed by atoms with Gasteiger partial charge in [-0.05, 0) is 32.8 Å². The third kappa shape index (κ3) is 1.59. The molecular formula is C8H10Cl. The summed E-state index contributed by atoms with van der Waals surface area (Å²) in [4.78, 5) is 0. The van der Waals surface area contributed by atoms with Crippen LogP contribution in [0.5, 0.6) is 0 Å². The second-order valence-electron chi connectivity index (χ2n) is 2.37. The largest absolute Gasteiger partial charge is 0.0891 e. The highest BCUT2D eigenvalue weighted by atomic mass is 35.5. The lowest BCUT2D eigenvalue weighted by Crippen LogP contribution is -1.90. The molecule has 0 N–H and O–H groups in total. The van der Waals surface area contributed by atoms with Gasteiger partial charge in [0.1, 0.15) is 0 Å². The summed E-state index contributed by atoms with van der Waals surface area (Å²) in [6, 6.07) is 0. The van der Waals surface area contributed by atoms with Crippen molar-refractivity contribution in [3.05, 3.63) is 28.7 Å². The second-order valence-corrected chi connectivity index (χ2v) is 2.85. The van der Waals surface area contributed by atoms with Crippen LogP contribution in [0.4, 0.5) is 0 Å². The Balaban J connectivity index is 2.83. The third-order valence-corrected chi connectivity index (χ3v) is 1.86. The van der Waals surface area contributed by atoms with Gasteiger partial charge >= 0.3 is 0 Å². The van der Waals surface area contributed by atoms with Crippen LogP contribution in [0.1, 0.15) is 20.3 Å². The number of hydrogen-bond donors (Lipinski definition) is 0. The van der Waals surface area contributed by atoms with Gasteiger partial charge in [-0.1, -0.05) is 22.7 Å². The molecule has 0 aromatic carbocycles. The predicted octanol–water partition coefficient (Wildman–Crippen LogP) is 3.05. The van der Waals surface area contributed by atoms with Gasteiger partial charge in [-0.2, -0.15) is 0 Å². The Bertz CT molecular complexity index is 175. The summed E-state index contributed by atoms with van der Waals surface area (Å²) in [6.45, 7) is 4.18. The van der Waals surface area contributed by atoms with E-state index in [1.807, 2.05) is 6.08 Å². The summed E-state index contributed by atoms with van der Waals surface area (Å²) in [5, 5.41) is 0.943. The fourth-order valence-corrected chi connectivity index (χ4v) is 1.06. The summed E-state index contributed by atoms with van der Waals surface area (Å²) >= 11 is 5.77. The Kier molecular flexibility index (Phi) is 1.97.